The number of benzene rings is 1. The summed E-state index contributed by atoms with van der Waals surface area (Å²) in [7, 11) is -3.67. The van der Waals surface area contributed by atoms with Crippen LogP contribution in [-0.4, -0.2) is 36.5 Å². The van der Waals surface area contributed by atoms with Crippen LogP contribution in [0.25, 0.3) is 5.52 Å². The van der Waals surface area contributed by atoms with Gasteiger partial charge in [-0.2, -0.15) is 0 Å². The minimum absolute atomic E-state index is 0.00526. The van der Waals surface area contributed by atoms with Crippen LogP contribution in [0.3, 0.4) is 0 Å². The van der Waals surface area contributed by atoms with Crippen molar-refractivity contribution in [2.75, 3.05) is 12.8 Å². The van der Waals surface area contributed by atoms with E-state index in [9.17, 15) is 22.0 Å². The second-order valence-electron chi connectivity index (χ2n) is 7.74. The number of carbonyl (C=O) groups is 1. The Morgan fingerprint density at radius 2 is 1.80 bits per heavy atom. The molecule has 0 spiro atoms. The van der Waals surface area contributed by atoms with E-state index in [1.54, 1.807) is 18.2 Å². The Morgan fingerprint density at radius 3 is 2.43 bits per heavy atom. The number of imidazole rings is 1. The molecule has 2 heterocycles. The molecule has 0 unspecified atom stereocenters. The highest BCUT2D eigenvalue weighted by atomic mass is 32.2. The van der Waals surface area contributed by atoms with Crippen LogP contribution in [0.15, 0.2) is 47.8 Å². The minimum atomic E-state index is -3.67. The summed E-state index contributed by atoms with van der Waals surface area (Å²) in [6.45, 7) is 0.0315. The number of amides is 1. The first-order valence-corrected chi connectivity index (χ1v) is 11.5. The van der Waals surface area contributed by atoms with E-state index in [1.165, 1.54) is 28.8 Å². The van der Waals surface area contributed by atoms with Crippen LogP contribution >= 0.6 is 0 Å². The van der Waals surface area contributed by atoms with E-state index in [4.69, 9.17) is 0 Å². The Bertz CT molecular complexity index is 1210. The zero-order valence-corrected chi connectivity index (χ0v) is 17.2. The Kier molecular flexibility index (Phi) is 5.09. The van der Waals surface area contributed by atoms with Crippen LogP contribution in [0.2, 0.25) is 0 Å². The number of halogens is 2. The van der Waals surface area contributed by atoms with Gasteiger partial charge in [0.2, 0.25) is 15.0 Å². The van der Waals surface area contributed by atoms with E-state index in [2.05, 4.69) is 10.3 Å². The normalized spacial score (nSPS) is 16.1. The molecular formula is C21H21F2N3O3S. The second-order valence-corrected chi connectivity index (χ2v) is 9.65. The predicted molar refractivity (Wildman–Crippen MR) is 107 cm³/mol. The van der Waals surface area contributed by atoms with E-state index in [-0.39, 0.29) is 23.0 Å². The summed E-state index contributed by atoms with van der Waals surface area (Å²) < 4.78 is 54.5. The molecule has 1 fully saturated rings. The highest BCUT2D eigenvalue weighted by Crippen LogP contribution is 2.42. The highest BCUT2D eigenvalue weighted by Gasteiger charge is 2.40. The first-order chi connectivity index (χ1) is 14.2. The maximum atomic E-state index is 14.5. The molecule has 1 amide bonds. The molecule has 1 N–H and O–H groups in total. The molecule has 0 saturated heterocycles. The minimum Gasteiger partial charge on any atom is -0.350 e. The van der Waals surface area contributed by atoms with Crippen LogP contribution in [0.5, 0.6) is 0 Å². The first-order valence-electron chi connectivity index (χ1n) is 9.63. The summed E-state index contributed by atoms with van der Waals surface area (Å²) in [5.41, 5.74) is -0.555. The Hall–Kier alpha value is -2.81. The van der Waals surface area contributed by atoms with Crippen LogP contribution in [-0.2, 0) is 15.3 Å². The molecule has 1 saturated carbocycles. The third-order valence-corrected chi connectivity index (χ3v) is 6.66. The highest BCUT2D eigenvalue weighted by molar-refractivity contribution is 7.90. The third-order valence-electron chi connectivity index (χ3n) is 5.70. The second kappa shape index (κ2) is 7.46. The lowest BCUT2D eigenvalue weighted by Crippen LogP contribution is -2.40. The van der Waals surface area contributed by atoms with Gasteiger partial charge in [0, 0.05) is 30.0 Å². The summed E-state index contributed by atoms with van der Waals surface area (Å²) >= 11 is 0. The Labute approximate surface area is 172 Å². The number of hydrogen-bond donors (Lipinski definition) is 1. The number of sulfone groups is 1. The van der Waals surface area contributed by atoms with E-state index in [1.807, 2.05) is 0 Å². The zero-order valence-electron chi connectivity index (χ0n) is 16.4. The molecule has 4 rings (SSSR count). The zero-order chi connectivity index (χ0) is 21.5. The summed E-state index contributed by atoms with van der Waals surface area (Å²) in [4.78, 5) is 17.0. The fourth-order valence-corrected chi connectivity index (χ4v) is 5.12. The molecule has 1 aliphatic rings. The standard InChI is InChI=1S/C21H21F2N3O3S/c1-30(28,29)20-25-18(16-9-2-5-12-26(16)20)19(27)24-13-21(10-3-4-11-21)17-14(22)7-6-8-15(17)23/h2,5-9,12H,3-4,10-11,13H2,1H3,(H,24,27). The van der Waals surface area contributed by atoms with Crippen molar-refractivity contribution in [1.29, 1.82) is 0 Å². The lowest BCUT2D eigenvalue weighted by Gasteiger charge is -2.30. The molecule has 2 aromatic heterocycles. The van der Waals surface area contributed by atoms with E-state index >= 15 is 0 Å². The monoisotopic (exact) mass is 433 g/mol. The van der Waals surface area contributed by atoms with Crippen molar-refractivity contribution in [3.8, 4) is 0 Å². The number of nitrogens with zero attached hydrogens (tertiary/aromatic N) is 2. The molecule has 3 aromatic rings. The van der Waals surface area contributed by atoms with Crippen LogP contribution in [0, 0.1) is 11.6 Å². The summed E-state index contributed by atoms with van der Waals surface area (Å²) in [5, 5.41) is 2.51. The summed E-state index contributed by atoms with van der Waals surface area (Å²) in [5.74, 6) is -1.84. The third kappa shape index (κ3) is 3.47. The number of rotatable bonds is 5. The number of carbonyl (C=O) groups excluding carboxylic acids is 1. The van der Waals surface area contributed by atoms with Gasteiger partial charge in [-0.05, 0) is 37.1 Å². The maximum absolute atomic E-state index is 14.5. The number of fused-ring (bicyclic) bond motifs is 1. The SMILES string of the molecule is CS(=O)(=O)c1nc(C(=O)NCC2(c3c(F)cccc3F)CCCC2)c2ccccn12. The van der Waals surface area contributed by atoms with Gasteiger partial charge in [0.25, 0.3) is 5.91 Å². The lowest BCUT2D eigenvalue weighted by molar-refractivity contribution is 0.0939. The molecule has 9 heteroatoms. The molecule has 0 radical (unpaired) electrons. The van der Waals surface area contributed by atoms with Gasteiger partial charge >= 0.3 is 0 Å². The Balaban J connectivity index is 1.68. The first kappa shape index (κ1) is 20.5. The number of nitrogens with one attached hydrogen (secondary N) is 1. The number of hydrogen-bond acceptors (Lipinski definition) is 4. The van der Waals surface area contributed by atoms with Crippen molar-refractivity contribution in [3.05, 3.63) is 65.5 Å². The molecule has 158 valence electrons. The van der Waals surface area contributed by atoms with Gasteiger partial charge in [-0.15, -0.1) is 0 Å². The molecule has 6 nitrogen and oxygen atoms in total. The maximum Gasteiger partial charge on any atom is 0.272 e. The average molecular weight is 433 g/mol. The van der Waals surface area contributed by atoms with Gasteiger partial charge in [-0.3, -0.25) is 9.20 Å². The van der Waals surface area contributed by atoms with E-state index in [0.29, 0.717) is 18.4 Å². The average Bonchev–Trinajstić information content (AvgIpc) is 3.31. The van der Waals surface area contributed by atoms with Crippen LogP contribution in [0.1, 0.15) is 41.7 Å². The quantitative estimate of drug-likeness (QED) is 0.670. The van der Waals surface area contributed by atoms with Crippen molar-refractivity contribution < 1.29 is 22.0 Å². The number of pyridine rings is 1. The smallest absolute Gasteiger partial charge is 0.272 e. The van der Waals surface area contributed by atoms with Gasteiger partial charge in [0.15, 0.2) is 5.69 Å². The molecular weight excluding hydrogens is 412 g/mol. The molecule has 1 aliphatic carbocycles. The van der Waals surface area contributed by atoms with Gasteiger partial charge in [0.05, 0.1) is 5.52 Å². The van der Waals surface area contributed by atoms with Crippen molar-refractivity contribution in [3.63, 3.8) is 0 Å². The predicted octanol–water partition coefficient (Wildman–Crippen LogP) is 3.26. The Morgan fingerprint density at radius 1 is 1.13 bits per heavy atom. The fraction of sp³-hybridized carbons (Fsp3) is 0.333. The van der Waals surface area contributed by atoms with Crippen molar-refractivity contribution >= 4 is 21.3 Å². The molecule has 1 aromatic carbocycles. The molecule has 30 heavy (non-hydrogen) atoms. The summed E-state index contributed by atoms with van der Waals surface area (Å²) in [6, 6.07) is 8.67. The van der Waals surface area contributed by atoms with Gasteiger partial charge in [0.1, 0.15) is 11.6 Å². The topological polar surface area (TPSA) is 80.5 Å². The van der Waals surface area contributed by atoms with E-state index in [0.717, 1.165) is 19.1 Å². The van der Waals surface area contributed by atoms with Crippen LogP contribution in [0.4, 0.5) is 8.78 Å². The lowest BCUT2D eigenvalue weighted by atomic mass is 9.78. The number of aromatic nitrogens is 2. The molecule has 0 bridgehead atoms. The van der Waals surface area contributed by atoms with Gasteiger partial charge < -0.3 is 5.32 Å². The van der Waals surface area contributed by atoms with Crippen LogP contribution < -0.4 is 5.32 Å². The van der Waals surface area contributed by atoms with Crippen molar-refractivity contribution in [2.24, 2.45) is 0 Å². The largest absolute Gasteiger partial charge is 0.350 e. The van der Waals surface area contributed by atoms with Gasteiger partial charge in [-0.1, -0.05) is 25.0 Å². The van der Waals surface area contributed by atoms with Gasteiger partial charge in [-0.25, -0.2) is 22.2 Å². The fourth-order valence-electron chi connectivity index (χ4n) is 4.34. The van der Waals surface area contributed by atoms with Crippen molar-refractivity contribution in [2.45, 2.75) is 36.3 Å². The molecule has 0 atom stereocenters. The van der Waals surface area contributed by atoms with Crippen molar-refractivity contribution in [1.82, 2.24) is 14.7 Å². The molecule has 0 aliphatic heterocycles. The van der Waals surface area contributed by atoms with E-state index < -0.39 is 32.8 Å². The summed E-state index contributed by atoms with van der Waals surface area (Å²) in [6.07, 6.45) is 5.23.